The fourth-order valence-corrected chi connectivity index (χ4v) is 2.72. The molecule has 0 saturated carbocycles. The SMILES string of the molecule is C=C(C)N1SCCSN1C.CC. The molecule has 0 aromatic heterocycles. The maximum Gasteiger partial charge on any atom is 0.0330 e. The highest BCUT2D eigenvalue weighted by Gasteiger charge is 2.16. The van der Waals surface area contributed by atoms with Gasteiger partial charge in [-0.25, -0.2) is 4.41 Å². The van der Waals surface area contributed by atoms with Crippen LogP contribution in [0.25, 0.3) is 0 Å². The minimum Gasteiger partial charge on any atom is -0.243 e. The maximum atomic E-state index is 3.88. The molecule has 0 bridgehead atoms. The zero-order valence-corrected chi connectivity index (χ0v) is 9.97. The van der Waals surface area contributed by atoms with Gasteiger partial charge in [0, 0.05) is 24.3 Å². The Balaban J connectivity index is 0.000000561. The van der Waals surface area contributed by atoms with Crippen LogP contribution in [0.3, 0.4) is 0 Å². The predicted octanol–water partition coefficient (Wildman–Crippen LogP) is 3.01. The van der Waals surface area contributed by atoms with E-state index < -0.39 is 0 Å². The van der Waals surface area contributed by atoms with Crippen LogP contribution in [0.2, 0.25) is 0 Å². The van der Waals surface area contributed by atoms with Crippen molar-refractivity contribution in [2.75, 3.05) is 18.6 Å². The Bertz CT molecular complexity index is 139. The lowest BCUT2D eigenvalue weighted by Crippen LogP contribution is -2.31. The lowest BCUT2D eigenvalue weighted by Gasteiger charge is -2.34. The van der Waals surface area contributed by atoms with Crippen LogP contribution < -0.4 is 0 Å². The molecule has 2 nitrogen and oxygen atoms in total. The molecule has 1 saturated heterocycles. The second-order valence-corrected chi connectivity index (χ2v) is 4.35. The maximum absolute atomic E-state index is 3.88. The quantitative estimate of drug-likeness (QED) is 0.608. The van der Waals surface area contributed by atoms with Crippen LogP contribution in [0.4, 0.5) is 0 Å². The standard InChI is InChI=1S/C6H12N2S2.C2H6/c1-6(2)8-7(3)9-4-5-10-8;1-2/h1,4-5H2,2-3H3;1-2H3. The zero-order chi connectivity index (χ0) is 9.56. The van der Waals surface area contributed by atoms with Crippen LogP contribution in [0, 0.1) is 0 Å². The van der Waals surface area contributed by atoms with Crippen molar-refractivity contribution in [2.45, 2.75) is 20.8 Å². The Morgan fingerprint density at radius 2 is 1.75 bits per heavy atom. The van der Waals surface area contributed by atoms with Crippen molar-refractivity contribution in [3.05, 3.63) is 12.3 Å². The van der Waals surface area contributed by atoms with Gasteiger partial charge < -0.3 is 0 Å². The van der Waals surface area contributed by atoms with Gasteiger partial charge in [0.1, 0.15) is 0 Å². The fourth-order valence-electron chi connectivity index (χ4n) is 0.777. The Labute approximate surface area is 84.6 Å². The lowest BCUT2D eigenvalue weighted by molar-refractivity contribution is 0.294. The van der Waals surface area contributed by atoms with Crippen molar-refractivity contribution in [1.82, 2.24) is 8.83 Å². The summed E-state index contributed by atoms with van der Waals surface area (Å²) in [5.74, 6) is 2.38. The Kier molecular flexibility index (Phi) is 6.80. The van der Waals surface area contributed by atoms with Gasteiger partial charge in [0.2, 0.25) is 0 Å². The Hall–Kier alpha value is 0.200. The molecule has 0 atom stereocenters. The highest BCUT2D eigenvalue weighted by Crippen LogP contribution is 2.29. The molecule has 0 N–H and O–H groups in total. The van der Waals surface area contributed by atoms with Gasteiger partial charge in [-0.2, -0.15) is 4.41 Å². The number of rotatable bonds is 1. The normalized spacial score (nSPS) is 18.2. The molecule has 4 heteroatoms. The first-order valence-corrected chi connectivity index (χ1v) is 6.05. The molecule has 0 aromatic rings. The molecule has 1 heterocycles. The van der Waals surface area contributed by atoms with Crippen molar-refractivity contribution in [3.63, 3.8) is 0 Å². The lowest BCUT2D eigenvalue weighted by atomic mass is 10.6. The summed E-state index contributed by atoms with van der Waals surface area (Å²) in [6, 6.07) is 0. The van der Waals surface area contributed by atoms with Crippen LogP contribution in [0.5, 0.6) is 0 Å². The average Bonchev–Trinajstić information content (AvgIpc) is 2.08. The summed E-state index contributed by atoms with van der Waals surface area (Å²) in [6.45, 7) is 9.90. The predicted molar refractivity (Wildman–Crippen MR) is 60.7 cm³/mol. The van der Waals surface area contributed by atoms with E-state index in [2.05, 4.69) is 22.5 Å². The molecule has 0 unspecified atom stereocenters. The Morgan fingerprint density at radius 1 is 1.25 bits per heavy atom. The van der Waals surface area contributed by atoms with Gasteiger partial charge in [0.15, 0.2) is 0 Å². The third-order valence-electron chi connectivity index (χ3n) is 1.16. The van der Waals surface area contributed by atoms with Crippen molar-refractivity contribution in [2.24, 2.45) is 0 Å². The van der Waals surface area contributed by atoms with Crippen LogP contribution >= 0.6 is 23.9 Å². The molecule has 1 rings (SSSR count). The monoisotopic (exact) mass is 206 g/mol. The molecule has 0 spiro atoms. The van der Waals surface area contributed by atoms with E-state index in [1.165, 1.54) is 11.5 Å². The molecule has 0 radical (unpaired) electrons. The average molecular weight is 206 g/mol. The second kappa shape index (κ2) is 6.69. The van der Waals surface area contributed by atoms with Crippen LogP contribution in [0.15, 0.2) is 12.3 Å². The highest BCUT2D eigenvalue weighted by molar-refractivity contribution is 8.03. The fraction of sp³-hybridized carbons (Fsp3) is 0.750. The van der Waals surface area contributed by atoms with E-state index in [0.29, 0.717) is 0 Å². The number of nitrogens with zero attached hydrogens (tertiary/aromatic N) is 2. The van der Waals surface area contributed by atoms with E-state index in [0.717, 1.165) is 5.70 Å². The molecule has 72 valence electrons. The first-order chi connectivity index (χ1) is 5.72. The molecule has 1 aliphatic heterocycles. The van der Waals surface area contributed by atoms with Gasteiger partial charge in [-0.1, -0.05) is 32.4 Å². The van der Waals surface area contributed by atoms with Gasteiger partial charge in [-0.15, -0.1) is 0 Å². The summed E-state index contributed by atoms with van der Waals surface area (Å²) >= 11 is 3.65. The third-order valence-corrected chi connectivity index (χ3v) is 3.63. The Morgan fingerprint density at radius 3 is 2.08 bits per heavy atom. The van der Waals surface area contributed by atoms with Crippen molar-refractivity contribution >= 4 is 23.9 Å². The van der Waals surface area contributed by atoms with Crippen LogP contribution in [0.1, 0.15) is 20.8 Å². The third kappa shape index (κ3) is 3.74. The largest absolute Gasteiger partial charge is 0.243 e. The van der Waals surface area contributed by atoms with E-state index in [9.17, 15) is 0 Å². The van der Waals surface area contributed by atoms with E-state index in [1.54, 1.807) is 0 Å². The topological polar surface area (TPSA) is 6.48 Å². The second-order valence-electron chi connectivity index (χ2n) is 2.14. The summed E-state index contributed by atoms with van der Waals surface area (Å²) < 4.78 is 4.24. The number of hydrogen-bond donors (Lipinski definition) is 0. The number of hydrogen-bond acceptors (Lipinski definition) is 4. The van der Waals surface area contributed by atoms with E-state index >= 15 is 0 Å². The first kappa shape index (κ1) is 12.2. The minimum atomic E-state index is 1.10. The van der Waals surface area contributed by atoms with Gasteiger partial charge in [0.05, 0.1) is 0 Å². The van der Waals surface area contributed by atoms with Gasteiger partial charge in [-0.05, 0) is 18.9 Å². The molecule has 0 aliphatic carbocycles. The zero-order valence-electron chi connectivity index (χ0n) is 8.33. The molecule has 1 fully saturated rings. The summed E-state index contributed by atoms with van der Waals surface area (Å²) in [6.07, 6.45) is 0. The number of allylic oxidation sites excluding steroid dienone is 1. The molecular weight excluding hydrogens is 188 g/mol. The summed E-state index contributed by atoms with van der Waals surface area (Å²) in [5, 5.41) is 0. The van der Waals surface area contributed by atoms with Crippen molar-refractivity contribution in [1.29, 1.82) is 0 Å². The molecule has 1 aliphatic rings. The minimum absolute atomic E-state index is 1.10. The molecular formula is C8H18N2S2. The van der Waals surface area contributed by atoms with Crippen molar-refractivity contribution in [3.8, 4) is 0 Å². The summed E-state index contributed by atoms with van der Waals surface area (Å²) in [7, 11) is 2.06. The molecule has 0 amide bonds. The summed E-state index contributed by atoms with van der Waals surface area (Å²) in [5.41, 5.74) is 1.10. The van der Waals surface area contributed by atoms with E-state index in [4.69, 9.17) is 0 Å². The van der Waals surface area contributed by atoms with Gasteiger partial charge in [0.25, 0.3) is 0 Å². The van der Waals surface area contributed by atoms with Gasteiger partial charge in [-0.3, -0.25) is 0 Å². The number of hydrazine groups is 1. The van der Waals surface area contributed by atoms with Crippen LogP contribution in [-0.2, 0) is 0 Å². The smallest absolute Gasteiger partial charge is 0.0330 e. The van der Waals surface area contributed by atoms with Crippen molar-refractivity contribution < 1.29 is 0 Å². The van der Waals surface area contributed by atoms with Crippen LogP contribution in [-0.4, -0.2) is 27.4 Å². The van der Waals surface area contributed by atoms with E-state index in [1.807, 2.05) is 44.7 Å². The molecule has 12 heavy (non-hydrogen) atoms. The molecule has 0 aromatic carbocycles. The first-order valence-electron chi connectivity index (χ1n) is 4.17. The van der Waals surface area contributed by atoms with Gasteiger partial charge >= 0.3 is 0 Å². The highest BCUT2D eigenvalue weighted by atomic mass is 32.2. The van der Waals surface area contributed by atoms with E-state index in [-0.39, 0.29) is 0 Å². The summed E-state index contributed by atoms with van der Waals surface area (Å²) in [4.78, 5) is 0.